The van der Waals surface area contributed by atoms with E-state index in [1.54, 1.807) is 91.1 Å². The molecule has 6 rings (SSSR count). The second-order valence-corrected chi connectivity index (χ2v) is 12.0. The number of benzene rings is 4. The number of nitriles is 1. The van der Waals surface area contributed by atoms with Gasteiger partial charge in [-0.05, 0) is 70.3 Å². The number of amides is 3. The van der Waals surface area contributed by atoms with E-state index < -0.39 is 35.8 Å². The number of anilines is 2. The minimum Gasteiger partial charge on any atom is -0.341 e. The molecule has 11 nitrogen and oxygen atoms in total. The first-order valence-electron chi connectivity index (χ1n) is 15.9. The van der Waals surface area contributed by atoms with Crippen LogP contribution in [0.2, 0.25) is 0 Å². The van der Waals surface area contributed by atoms with Gasteiger partial charge >= 0.3 is 0 Å². The lowest BCUT2D eigenvalue weighted by Crippen LogP contribution is -2.59. The number of ketones is 1. The SMILES string of the molecule is CNC(C)C(=O)NC1C(=O)N(Cc2nn(-c3ccccc3C#N)c3ccccc23)c2ccccc2N(C(=O)c2ccc(C(C)=O)cc2)C1C. The average Bonchev–Trinajstić information content (AvgIpc) is 3.46. The molecule has 0 fully saturated rings. The first-order chi connectivity index (χ1) is 23.6. The van der Waals surface area contributed by atoms with Crippen LogP contribution in [0.5, 0.6) is 0 Å². The lowest BCUT2D eigenvalue weighted by molar-refractivity contribution is -0.128. The van der Waals surface area contributed by atoms with Gasteiger partial charge in [0.25, 0.3) is 11.8 Å². The van der Waals surface area contributed by atoms with Crippen molar-refractivity contribution in [2.24, 2.45) is 0 Å². The van der Waals surface area contributed by atoms with Gasteiger partial charge in [0, 0.05) is 16.5 Å². The van der Waals surface area contributed by atoms with Crippen LogP contribution in [-0.4, -0.2) is 58.5 Å². The molecular formula is C38H35N7O4. The zero-order chi connectivity index (χ0) is 34.8. The molecule has 11 heteroatoms. The van der Waals surface area contributed by atoms with Crippen molar-refractivity contribution < 1.29 is 19.2 Å². The van der Waals surface area contributed by atoms with Crippen molar-refractivity contribution >= 4 is 45.8 Å². The summed E-state index contributed by atoms with van der Waals surface area (Å²) in [6.45, 7) is 4.88. The summed E-state index contributed by atoms with van der Waals surface area (Å²) in [6, 6.07) is 27.9. The van der Waals surface area contributed by atoms with Gasteiger partial charge in [-0.1, -0.05) is 54.6 Å². The number of hydrogen-bond donors (Lipinski definition) is 2. The first-order valence-corrected chi connectivity index (χ1v) is 15.9. The minimum atomic E-state index is -1.14. The quantitative estimate of drug-likeness (QED) is 0.230. The zero-order valence-corrected chi connectivity index (χ0v) is 27.5. The second kappa shape index (κ2) is 13.5. The zero-order valence-electron chi connectivity index (χ0n) is 27.5. The molecule has 3 amide bonds. The molecule has 0 saturated heterocycles. The van der Waals surface area contributed by atoms with Gasteiger partial charge in [0.05, 0.1) is 52.5 Å². The third-order valence-corrected chi connectivity index (χ3v) is 8.96. The van der Waals surface area contributed by atoms with Gasteiger partial charge in [-0.25, -0.2) is 4.68 Å². The van der Waals surface area contributed by atoms with Crippen molar-refractivity contribution in [2.45, 2.75) is 45.4 Å². The van der Waals surface area contributed by atoms with Crippen molar-refractivity contribution in [1.82, 2.24) is 20.4 Å². The number of fused-ring (bicyclic) bond motifs is 2. The molecule has 1 aromatic heterocycles. The van der Waals surface area contributed by atoms with E-state index in [0.29, 0.717) is 39.4 Å². The summed E-state index contributed by atoms with van der Waals surface area (Å²) < 4.78 is 1.70. The van der Waals surface area contributed by atoms with E-state index in [9.17, 15) is 24.4 Å². The van der Waals surface area contributed by atoms with E-state index in [2.05, 4.69) is 16.7 Å². The maximum atomic E-state index is 14.7. The second-order valence-electron chi connectivity index (χ2n) is 12.0. The van der Waals surface area contributed by atoms with E-state index in [1.165, 1.54) is 11.8 Å². The molecule has 2 N–H and O–H groups in total. The summed E-state index contributed by atoms with van der Waals surface area (Å²) in [7, 11) is 1.65. The number of carbonyl (C=O) groups is 4. The fourth-order valence-electron chi connectivity index (χ4n) is 6.13. The highest BCUT2D eigenvalue weighted by Gasteiger charge is 2.43. The normalized spacial score (nSPS) is 16.4. The van der Waals surface area contributed by atoms with E-state index in [4.69, 9.17) is 5.10 Å². The monoisotopic (exact) mass is 653 g/mol. The lowest BCUT2D eigenvalue weighted by atomic mass is 10.0. The lowest BCUT2D eigenvalue weighted by Gasteiger charge is -2.32. The van der Waals surface area contributed by atoms with Crippen LogP contribution in [0.15, 0.2) is 97.1 Å². The van der Waals surface area contributed by atoms with Gasteiger partial charge in [0.1, 0.15) is 12.1 Å². The summed E-state index contributed by atoms with van der Waals surface area (Å²) in [5.41, 5.74) is 4.08. The van der Waals surface area contributed by atoms with Gasteiger partial charge < -0.3 is 20.4 Å². The molecule has 3 unspecified atom stereocenters. The van der Waals surface area contributed by atoms with Gasteiger partial charge in [-0.15, -0.1) is 0 Å². The van der Waals surface area contributed by atoms with E-state index >= 15 is 0 Å². The fourth-order valence-corrected chi connectivity index (χ4v) is 6.13. The van der Waals surface area contributed by atoms with E-state index in [-0.39, 0.29) is 12.3 Å². The molecule has 1 aliphatic heterocycles. The molecule has 0 bridgehead atoms. The van der Waals surface area contributed by atoms with Crippen molar-refractivity contribution in [3.8, 4) is 11.8 Å². The van der Waals surface area contributed by atoms with Crippen LogP contribution >= 0.6 is 0 Å². The van der Waals surface area contributed by atoms with Crippen LogP contribution in [0.3, 0.4) is 0 Å². The van der Waals surface area contributed by atoms with Crippen molar-refractivity contribution in [3.63, 3.8) is 0 Å². The number of hydrogen-bond acceptors (Lipinski definition) is 7. The average molecular weight is 654 g/mol. The van der Waals surface area contributed by atoms with Crippen LogP contribution in [0.1, 0.15) is 52.7 Å². The number of aromatic nitrogens is 2. The molecule has 0 saturated carbocycles. The maximum Gasteiger partial charge on any atom is 0.258 e. The molecular weight excluding hydrogens is 618 g/mol. The summed E-state index contributed by atoms with van der Waals surface area (Å²) in [6.07, 6.45) is 0. The maximum absolute atomic E-state index is 14.7. The smallest absolute Gasteiger partial charge is 0.258 e. The van der Waals surface area contributed by atoms with E-state index in [0.717, 1.165) is 10.9 Å². The van der Waals surface area contributed by atoms with Crippen LogP contribution in [0.4, 0.5) is 11.4 Å². The number of nitrogens with one attached hydrogen (secondary N) is 2. The molecule has 0 aliphatic carbocycles. The molecule has 2 heterocycles. The highest BCUT2D eigenvalue weighted by molar-refractivity contribution is 6.13. The molecule has 0 spiro atoms. The number of carbonyl (C=O) groups excluding carboxylic acids is 4. The Morgan fingerprint density at radius 3 is 2.16 bits per heavy atom. The summed E-state index contributed by atoms with van der Waals surface area (Å²) in [5, 5.41) is 21.4. The number of rotatable bonds is 8. The van der Waals surface area contributed by atoms with Crippen molar-refractivity contribution in [2.75, 3.05) is 16.8 Å². The fraction of sp³-hybridized carbons (Fsp3) is 0.211. The summed E-state index contributed by atoms with van der Waals surface area (Å²) in [5.74, 6) is -1.34. The van der Waals surface area contributed by atoms with Crippen LogP contribution in [0.25, 0.3) is 16.6 Å². The third-order valence-electron chi connectivity index (χ3n) is 8.96. The molecule has 246 valence electrons. The number of nitrogens with zero attached hydrogens (tertiary/aromatic N) is 5. The van der Waals surface area contributed by atoms with Gasteiger partial charge in [0.15, 0.2) is 5.78 Å². The Morgan fingerprint density at radius 1 is 0.878 bits per heavy atom. The molecule has 4 aromatic carbocycles. The van der Waals surface area contributed by atoms with Crippen LogP contribution in [0, 0.1) is 11.3 Å². The Labute approximate surface area is 283 Å². The van der Waals surface area contributed by atoms with Crippen molar-refractivity contribution in [3.05, 3.63) is 119 Å². The Bertz CT molecular complexity index is 2130. The Balaban J connectivity index is 1.50. The van der Waals surface area contributed by atoms with Gasteiger partial charge in [-0.3, -0.25) is 19.2 Å². The number of Topliss-reactive ketones (excluding diaryl/α,β-unsaturated/α-hetero) is 1. The summed E-state index contributed by atoms with van der Waals surface area (Å²) >= 11 is 0. The predicted octanol–water partition coefficient (Wildman–Crippen LogP) is 4.77. The minimum absolute atomic E-state index is 0.00803. The predicted molar refractivity (Wildman–Crippen MR) is 187 cm³/mol. The topological polar surface area (TPSA) is 140 Å². The standard InChI is InChI=1S/C38H35N7O4/c1-23(40-4)36(47)41-35-24(2)44(37(48)27-19-17-26(18-20-27)25(3)46)34-16-10-9-15-33(34)43(38(35)49)22-30-29-12-6-8-14-32(29)45(42-30)31-13-7-5-11-28(31)21-39/h5-20,23-24,35,40H,22H2,1-4H3,(H,41,47). The van der Waals surface area contributed by atoms with Crippen LogP contribution in [-0.2, 0) is 16.1 Å². The Morgan fingerprint density at radius 2 is 1.49 bits per heavy atom. The number of para-hydroxylation sites is 4. The highest BCUT2D eigenvalue weighted by atomic mass is 16.2. The highest BCUT2D eigenvalue weighted by Crippen LogP contribution is 2.38. The largest absolute Gasteiger partial charge is 0.341 e. The molecule has 1 aliphatic rings. The van der Waals surface area contributed by atoms with Crippen molar-refractivity contribution in [1.29, 1.82) is 5.26 Å². The third kappa shape index (κ3) is 6.06. The number of likely N-dealkylation sites (N-methyl/N-ethyl adjacent to an activating group) is 1. The molecule has 49 heavy (non-hydrogen) atoms. The Hall–Kier alpha value is -6.12. The molecule has 5 aromatic rings. The molecule has 0 radical (unpaired) electrons. The van der Waals surface area contributed by atoms with E-state index in [1.807, 2.05) is 36.4 Å². The summed E-state index contributed by atoms with van der Waals surface area (Å²) in [4.78, 5) is 57.4. The molecule has 3 atom stereocenters. The van der Waals surface area contributed by atoms with Gasteiger partial charge in [0.2, 0.25) is 5.91 Å². The first kappa shape index (κ1) is 32.8. The Kier molecular flexibility index (Phi) is 9.07. The van der Waals surface area contributed by atoms with Gasteiger partial charge in [-0.2, -0.15) is 10.4 Å². The van der Waals surface area contributed by atoms with Crippen LogP contribution < -0.4 is 20.4 Å².